The first-order valence-corrected chi connectivity index (χ1v) is 12.6. The number of ether oxygens (including phenoxy) is 1. The third-order valence-corrected chi connectivity index (χ3v) is 8.21. The van der Waals surface area contributed by atoms with Gasteiger partial charge in [-0.05, 0) is 46.5 Å². The number of hydrogen-bond acceptors (Lipinski definition) is 9. The molecule has 3 atom stereocenters. The lowest BCUT2D eigenvalue weighted by Crippen LogP contribution is -2.65. The Kier molecular flexibility index (Phi) is 6.99. The van der Waals surface area contributed by atoms with Crippen LogP contribution in [-0.4, -0.2) is 101 Å². The van der Waals surface area contributed by atoms with Crippen molar-refractivity contribution >= 4 is 23.8 Å². The van der Waals surface area contributed by atoms with Crippen LogP contribution in [-0.2, 0) is 14.3 Å². The van der Waals surface area contributed by atoms with Crippen molar-refractivity contribution < 1.29 is 27.5 Å². The molecule has 1 fully saturated rings. The maximum atomic E-state index is 14.2. The number of carbonyl (C=O) groups excluding carboxylic acids is 2. The number of nitrogens with zero attached hydrogens (tertiary/aromatic N) is 6. The molecule has 0 spiro atoms. The normalized spacial score (nSPS) is 28.4. The zero-order valence-corrected chi connectivity index (χ0v) is 22.9. The molecule has 0 radical (unpaired) electrons. The Morgan fingerprint density at radius 3 is 2.51 bits per heavy atom. The fourth-order valence-corrected chi connectivity index (χ4v) is 6.06. The molecular weight excluding hydrogens is 517 g/mol. The first kappa shape index (κ1) is 28.5. The maximum Gasteiger partial charge on any atom is 0.405 e. The number of carbonyl (C=O) groups is 2. The van der Waals surface area contributed by atoms with Crippen LogP contribution >= 0.6 is 0 Å². The highest BCUT2D eigenvalue weighted by atomic mass is 19.4. The smallest absolute Gasteiger partial charge is 0.405 e. The first-order valence-electron chi connectivity index (χ1n) is 12.6. The summed E-state index contributed by atoms with van der Waals surface area (Å²) in [7, 11) is 5.62. The quantitative estimate of drug-likeness (QED) is 0.502. The fraction of sp³-hybridized carbons (Fsp3) is 0.600. The molecule has 1 saturated heterocycles. The van der Waals surface area contributed by atoms with Crippen molar-refractivity contribution in [3.05, 3.63) is 35.9 Å². The molecule has 214 valence electrons. The second-order valence-corrected chi connectivity index (χ2v) is 10.9. The van der Waals surface area contributed by atoms with Crippen LogP contribution in [0.3, 0.4) is 0 Å². The van der Waals surface area contributed by atoms with E-state index < -0.39 is 41.5 Å². The predicted octanol–water partition coefficient (Wildman–Crippen LogP) is 1.92. The minimum atomic E-state index is -4.44. The summed E-state index contributed by atoms with van der Waals surface area (Å²) in [4.78, 5) is 36.2. The second kappa shape index (κ2) is 9.57. The van der Waals surface area contributed by atoms with E-state index >= 15 is 0 Å². The number of halogens is 3. The van der Waals surface area contributed by atoms with Gasteiger partial charge in [0.1, 0.15) is 24.3 Å². The molecule has 0 aromatic carbocycles. The summed E-state index contributed by atoms with van der Waals surface area (Å²) in [5, 5.41) is 8.37. The highest BCUT2D eigenvalue weighted by Crippen LogP contribution is 2.51. The van der Waals surface area contributed by atoms with Crippen LogP contribution in [0.5, 0.6) is 0 Å². The Morgan fingerprint density at radius 2 is 2.00 bits per heavy atom. The van der Waals surface area contributed by atoms with Gasteiger partial charge >= 0.3 is 6.18 Å². The number of amides is 2. The first-order chi connectivity index (χ1) is 18.1. The van der Waals surface area contributed by atoms with E-state index in [9.17, 15) is 22.8 Å². The van der Waals surface area contributed by atoms with Crippen molar-refractivity contribution in [1.29, 1.82) is 0 Å². The minimum absolute atomic E-state index is 0.00724. The number of pyridine rings is 1. The number of hydrazone groups is 1. The zero-order valence-electron chi connectivity index (χ0n) is 22.9. The van der Waals surface area contributed by atoms with Gasteiger partial charge in [0.25, 0.3) is 5.91 Å². The molecule has 39 heavy (non-hydrogen) atoms. The SMILES string of the molecule is CCC1(N(C)C)CN(C2(N3C(C(N)=O)=COC3c3ccnc(NCC(F)(F)F)c3)C=NN(C)C2)C(=O)C1(C)C. The Balaban J connectivity index is 1.82. The molecule has 0 bridgehead atoms. The van der Waals surface area contributed by atoms with Crippen LogP contribution in [0, 0.1) is 5.41 Å². The van der Waals surface area contributed by atoms with Crippen LogP contribution in [0.25, 0.3) is 0 Å². The van der Waals surface area contributed by atoms with Crippen LogP contribution in [0.2, 0.25) is 0 Å². The minimum Gasteiger partial charge on any atom is -0.471 e. The molecule has 3 N–H and O–H groups in total. The van der Waals surface area contributed by atoms with Gasteiger partial charge in [0.15, 0.2) is 5.66 Å². The zero-order chi connectivity index (χ0) is 29.0. The van der Waals surface area contributed by atoms with Crippen LogP contribution in [0.15, 0.2) is 35.4 Å². The molecule has 1 aromatic rings. The average Bonchev–Trinajstić information content (AvgIpc) is 3.52. The van der Waals surface area contributed by atoms with Gasteiger partial charge < -0.3 is 25.6 Å². The van der Waals surface area contributed by atoms with Gasteiger partial charge in [-0.3, -0.25) is 19.5 Å². The summed E-state index contributed by atoms with van der Waals surface area (Å²) >= 11 is 0. The lowest BCUT2D eigenvalue weighted by Gasteiger charge is -2.47. The van der Waals surface area contributed by atoms with Gasteiger partial charge in [-0.2, -0.15) is 18.3 Å². The molecule has 4 rings (SSSR count). The highest BCUT2D eigenvalue weighted by Gasteiger charge is 2.65. The second-order valence-electron chi connectivity index (χ2n) is 10.9. The number of alkyl halides is 3. The number of nitrogens with one attached hydrogen (secondary N) is 1. The molecule has 3 aliphatic rings. The summed E-state index contributed by atoms with van der Waals surface area (Å²) in [6.07, 6.45) is -0.608. The maximum absolute atomic E-state index is 14.2. The van der Waals surface area contributed by atoms with Gasteiger partial charge in [0.2, 0.25) is 12.1 Å². The molecule has 11 nitrogen and oxygen atoms in total. The van der Waals surface area contributed by atoms with Crippen molar-refractivity contribution in [2.45, 2.75) is 50.8 Å². The molecule has 0 saturated carbocycles. The summed E-state index contributed by atoms with van der Waals surface area (Å²) in [5.41, 5.74) is 3.57. The van der Waals surface area contributed by atoms with E-state index in [0.29, 0.717) is 18.5 Å². The third kappa shape index (κ3) is 4.53. The van der Waals surface area contributed by atoms with Crippen molar-refractivity contribution in [2.75, 3.05) is 46.1 Å². The summed E-state index contributed by atoms with van der Waals surface area (Å²) < 4.78 is 44.4. The fourth-order valence-electron chi connectivity index (χ4n) is 6.06. The number of aromatic nitrogens is 1. The predicted molar refractivity (Wildman–Crippen MR) is 138 cm³/mol. The number of likely N-dealkylation sites (N-methyl/N-ethyl adjacent to an activating group) is 2. The number of anilines is 1. The van der Waals surface area contributed by atoms with Crippen molar-refractivity contribution in [3.63, 3.8) is 0 Å². The third-order valence-electron chi connectivity index (χ3n) is 8.21. The van der Waals surface area contributed by atoms with E-state index in [1.165, 1.54) is 18.5 Å². The van der Waals surface area contributed by atoms with Gasteiger partial charge in [-0.1, -0.05) is 6.92 Å². The van der Waals surface area contributed by atoms with Crippen LogP contribution in [0.1, 0.15) is 39.0 Å². The van der Waals surface area contributed by atoms with E-state index in [2.05, 4.69) is 20.3 Å². The number of hydrogen-bond donors (Lipinski definition) is 2. The van der Waals surface area contributed by atoms with E-state index in [1.807, 2.05) is 34.9 Å². The number of nitrogens with two attached hydrogens (primary N) is 1. The van der Waals surface area contributed by atoms with Gasteiger partial charge in [0.05, 0.1) is 23.7 Å². The van der Waals surface area contributed by atoms with E-state index in [-0.39, 0.29) is 24.0 Å². The number of rotatable bonds is 8. The molecule has 2 amide bonds. The monoisotopic (exact) mass is 552 g/mol. The molecule has 1 aromatic heterocycles. The van der Waals surface area contributed by atoms with E-state index in [1.54, 1.807) is 34.1 Å². The topological polar surface area (TPSA) is 120 Å². The molecule has 0 aliphatic carbocycles. The molecule has 4 heterocycles. The lowest BCUT2D eigenvalue weighted by atomic mass is 9.72. The van der Waals surface area contributed by atoms with E-state index in [4.69, 9.17) is 10.5 Å². The summed E-state index contributed by atoms with van der Waals surface area (Å²) in [6, 6.07) is 2.99. The number of primary amides is 1. The Morgan fingerprint density at radius 1 is 1.31 bits per heavy atom. The van der Waals surface area contributed by atoms with Crippen molar-refractivity contribution in [3.8, 4) is 0 Å². The van der Waals surface area contributed by atoms with Crippen molar-refractivity contribution in [2.24, 2.45) is 16.3 Å². The van der Waals surface area contributed by atoms with Gasteiger partial charge in [-0.15, -0.1) is 0 Å². The van der Waals surface area contributed by atoms with Gasteiger partial charge in [-0.25, -0.2) is 4.98 Å². The summed E-state index contributed by atoms with van der Waals surface area (Å²) in [6.45, 7) is 5.09. The Bertz CT molecular complexity index is 1200. The largest absolute Gasteiger partial charge is 0.471 e. The average molecular weight is 553 g/mol. The van der Waals surface area contributed by atoms with Crippen LogP contribution < -0.4 is 11.1 Å². The molecule has 14 heteroatoms. The molecular formula is C25H35F3N8O3. The van der Waals surface area contributed by atoms with Gasteiger partial charge in [0, 0.05) is 25.4 Å². The Labute approximate surface area is 225 Å². The lowest BCUT2D eigenvalue weighted by molar-refractivity contribution is -0.148. The number of likely N-dealkylation sites (tertiary alicyclic amines) is 1. The molecule has 3 aliphatic heterocycles. The van der Waals surface area contributed by atoms with Crippen molar-refractivity contribution in [1.82, 2.24) is 24.7 Å². The summed E-state index contributed by atoms with van der Waals surface area (Å²) in [5.74, 6) is -0.954. The molecule has 3 unspecified atom stereocenters. The standard InChI is InChI=1S/C25H35F3N8O3/c1-7-23(33(4)5)14-35(21(38)22(23,2)3)24(12-32-34(6)15-24)36-17(19(29)37)11-39-20(36)16-8-9-30-18(10-16)31-13-25(26,27)28/h8-12,20H,7,13-15H2,1-6H3,(H2,29,37)(H,30,31). The highest BCUT2D eigenvalue weighted by molar-refractivity contribution is 5.95. The van der Waals surface area contributed by atoms with E-state index in [0.717, 1.165) is 0 Å². The Hall–Kier alpha value is -3.55. The van der Waals surface area contributed by atoms with Crippen LogP contribution in [0.4, 0.5) is 19.0 Å².